The molecule has 5 heteroatoms. The Labute approximate surface area is 332 Å². The first-order valence-corrected chi connectivity index (χ1v) is 23.1. The highest BCUT2D eigenvalue weighted by molar-refractivity contribution is 5.73. The number of carbonyl (C=O) groups excluding carboxylic acids is 1. The van der Waals surface area contributed by atoms with Crippen molar-refractivity contribution in [2.45, 2.75) is 235 Å². The van der Waals surface area contributed by atoms with E-state index in [9.17, 15) is 9.90 Å². The van der Waals surface area contributed by atoms with Gasteiger partial charge in [-0.15, -0.1) is 0 Å². The fourth-order valence-corrected chi connectivity index (χ4v) is 17.6. The van der Waals surface area contributed by atoms with Gasteiger partial charge >= 0.3 is 5.97 Å². The number of fused-ring (bicyclic) bond motifs is 9. The van der Waals surface area contributed by atoms with Gasteiger partial charge in [0.2, 0.25) is 0 Å². The molecule has 6 aliphatic carbocycles. The van der Waals surface area contributed by atoms with E-state index in [0.717, 1.165) is 42.9 Å². The molecular weight excluding hydrogens is 669 g/mol. The highest BCUT2D eigenvalue weighted by Crippen LogP contribution is 2.68. The van der Waals surface area contributed by atoms with Crippen molar-refractivity contribution in [2.24, 2.45) is 68.0 Å². The highest BCUT2D eigenvalue weighted by atomic mass is 16.6. The Kier molecular flexibility index (Phi) is 10.3. The van der Waals surface area contributed by atoms with Crippen molar-refractivity contribution in [3.05, 3.63) is 0 Å². The number of ether oxygens (including phenoxy) is 3. The summed E-state index contributed by atoms with van der Waals surface area (Å²) < 4.78 is 17.9. The largest absolute Gasteiger partial charge is 0.459 e. The first-order chi connectivity index (χ1) is 24.8. The van der Waals surface area contributed by atoms with Crippen LogP contribution in [0, 0.1) is 68.0 Å². The average molecular weight is 753 g/mol. The molecule has 1 N–H and O–H groups in total. The van der Waals surface area contributed by atoms with Gasteiger partial charge in [-0.25, -0.2) is 0 Å². The Hall–Kier alpha value is -0.650. The van der Waals surface area contributed by atoms with Crippen LogP contribution >= 0.6 is 0 Å². The van der Waals surface area contributed by atoms with Gasteiger partial charge in [0.25, 0.3) is 0 Å². The van der Waals surface area contributed by atoms with Crippen molar-refractivity contribution in [1.82, 2.24) is 0 Å². The third-order valence-electron chi connectivity index (χ3n) is 19.8. The zero-order valence-electron chi connectivity index (χ0n) is 37.4. The second-order valence-electron chi connectivity index (χ2n) is 24.6. The lowest BCUT2D eigenvalue weighted by Gasteiger charge is -2.60. The topological polar surface area (TPSA) is 65.0 Å². The SMILES string of the molecule is CC1(C)CCC[C@]2(C)[C@H]3CC(=O)O[C@]3(C)CC[C@@H]12.CC1(C)CCC[C@]2(C)[C@H]3CC(O)O[C@]3(C)CC[C@@H]12.CC1C[C@@H]2[C@@]3(C)CCCC(C)(C)[C@@H]3CC[C@@]2(C)O1. The Balaban J connectivity index is 0.000000125. The lowest BCUT2D eigenvalue weighted by atomic mass is 9.45. The lowest BCUT2D eigenvalue weighted by molar-refractivity contribution is -0.181. The first kappa shape index (κ1) is 41.5. The van der Waals surface area contributed by atoms with Crippen LogP contribution in [0.25, 0.3) is 0 Å². The molecule has 5 nitrogen and oxygen atoms in total. The quantitative estimate of drug-likeness (QED) is 0.250. The number of hydrogen-bond donors (Lipinski definition) is 1. The number of esters is 1. The second-order valence-corrected chi connectivity index (χ2v) is 24.6. The molecule has 9 aliphatic rings. The summed E-state index contributed by atoms with van der Waals surface area (Å²) in [5, 5.41) is 9.94. The monoisotopic (exact) mass is 753 g/mol. The zero-order valence-corrected chi connectivity index (χ0v) is 37.4. The van der Waals surface area contributed by atoms with Gasteiger partial charge < -0.3 is 19.3 Å². The van der Waals surface area contributed by atoms with E-state index in [4.69, 9.17) is 14.2 Å². The van der Waals surface area contributed by atoms with Gasteiger partial charge in [0.05, 0.1) is 23.7 Å². The number of aliphatic hydroxyl groups is 1. The summed E-state index contributed by atoms with van der Waals surface area (Å²) in [5.41, 5.74) is 2.57. The van der Waals surface area contributed by atoms with Crippen LogP contribution in [0.3, 0.4) is 0 Å². The van der Waals surface area contributed by atoms with Crippen LogP contribution in [0.2, 0.25) is 0 Å². The van der Waals surface area contributed by atoms with Crippen molar-refractivity contribution >= 4 is 5.97 Å². The Morgan fingerprint density at radius 2 is 0.870 bits per heavy atom. The molecule has 3 saturated heterocycles. The van der Waals surface area contributed by atoms with E-state index in [1.54, 1.807) is 0 Å². The number of hydrogen-bond acceptors (Lipinski definition) is 5. The molecule has 3 heterocycles. The normalized spacial score (nSPS) is 53.3. The Morgan fingerprint density at radius 1 is 0.481 bits per heavy atom. The predicted molar refractivity (Wildman–Crippen MR) is 219 cm³/mol. The van der Waals surface area contributed by atoms with Gasteiger partial charge in [-0.3, -0.25) is 4.79 Å². The highest BCUT2D eigenvalue weighted by Gasteiger charge is 2.64. The summed E-state index contributed by atoms with van der Waals surface area (Å²) in [4.78, 5) is 11.8. The van der Waals surface area contributed by atoms with Crippen molar-refractivity contribution in [3.63, 3.8) is 0 Å². The van der Waals surface area contributed by atoms with Crippen LogP contribution in [-0.4, -0.2) is 40.3 Å². The maximum atomic E-state index is 11.8. The smallest absolute Gasteiger partial charge is 0.306 e. The van der Waals surface area contributed by atoms with Gasteiger partial charge in [-0.05, 0) is 173 Å². The molecule has 9 rings (SSSR count). The molecular formula is C49H84O5. The summed E-state index contributed by atoms with van der Waals surface area (Å²) in [6.45, 7) is 31.3. The summed E-state index contributed by atoms with van der Waals surface area (Å²) in [6.07, 6.45) is 22.3. The van der Waals surface area contributed by atoms with Crippen molar-refractivity contribution in [2.75, 3.05) is 0 Å². The molecule has 0 aromatic carbocycles. The lowest BCUT2D eigenvalue weighted by Crippen LogP contribution is -2.55. The van der Waals surface area contributed by atoms with Crippen molar-refractivity contribution < 1.29 is 24.1 Å². The van der Waals surface area contributed by atoms with E-state index < -0.39 is 6.29 Å². The molecule has 0 spiro atoms. The fourth-order valence-electron chi connectivity index (χ4n) is 17.6. The van der Waals surface area contributed by atoms with E-state index in [2.05, 4.69) is 90.0 Å². The minimum atomic E-state index is -0.527. The maximum absolute atomic E-state index is 11.8. The van der Waals surface area contributed by atoms with Crippen LogP contribution < -0.4 is 0 Å². The van der Waals surface area contributed by atoms with Crippen molar-refractivity contribution in [3.8, 4) is 0 Å². The van der Waals surface area contributed by atoms with Gasteiger partial charge in [-0.1, -0.05) is 81.6 Å². The van der Waals surface area contributed by atoms with E-state index in [1.807, 2.05) is 0 Å². The summed E-state index contributed by atoms with van der Waals surface area (Å²) >= 11 is 0. The van der Waals surface area contributed by atoms with Crippen LogP contribution in [0.5, 0.6) is 0 Å². The molecule has 6 saturated carbocycles. The molecule has 0 bridgehead atoms. The number of aliphatic hydroxyl groups excluding tert-OH is 1. The standard InChI is InChI=1S/C17H30O.C16H28O2.C16H26O2/c1-12-11-14-16(4)9-6-8-15(2,3)13(16)7-10-17(14,5)18-12;2*1-14(2)7-5-8-15(3)11(14)6-9-16(4)12(15)10-13(17)18-16/h12-14H,6-11H2,1-5H3;11-13,17H,5-10H2,1-4H3;11-12H,5-10H2,1-4H3/t12?,13-,14+,16-,17+;11-,12+,13?,15-,16+;11-,12+,15-,16+/m000/s1. The minimum absolute atomic E-state index is 0.0350. The first-order valence-electron chi connectivity index (χ1n) is 23.1. The van der Waals surface area contributed by atoms with Crippen LogP contribution in [0.1, 0.15) is 206 Å². The molecule has 0 radical (unpaired) electrons. The molecule has 54 heavy (non-hydrogen) atoms. The van der Waals surface area contributed by atoms with Crippen LogP contribution in [0.4, 0.5) is 0 Å². The molecule has 3 aliphatic heterocycles. The van der Waals surface area contributed by atoms with Crippen LogP contribution in [-0.2, 0) is 19.0 Å². The fraction of sp³-hybridized carbons (Fsp3) is 0.980. The third kappa shape index (κ3) is 6.61. The molecule has 0 aromatic rings. The maximum Gasteiger partial charge on any atom is 0.306 e. The van der Waals surface area contributed by atoms with E-state index >= 15 is 0 Å². The van der Waals surface area contributed by atoms with Gasteiger partial charge in [0.15, 0.2) is 6.29 Å². The van der Waals surface area contributed by atoms with Gasteiger partial charge in [0, 0.05) is 12.3 Å². The van der Waals surface area contributed by atoms with Crippen LogP contribution in [0.15, 0.2) is 0 Å². The molecule has 0 aromatic heterocycles. The molecule has 310 valence electrons. The molecule has 0 amide bonds. The van der Waals surface area contributed by atoms with E-state index in [1.165, 1.54) is 89.9 Å². The summed E-state index contributed by atoms with van der Waals surface area (Å²) in [5.74, 6) is 4.27. The zero-order chi connectivity index (χ0) is 39.5. The average Bonchev–Trinajstić information content (AvgIpc) is 3.65. The Bertz CT molecular complexity index is 1350. The van der Waals surface area contributed by atoms with E-state index in [-0.39, 0.29) is 22.8 Å². The third-order valence-corrected chi connectivity index (χ3v) is 19.8. The minimum Gasteiger partial charge on any atom is -0.459 e. The molecule has 9 fully saturated rings. The number of carbonyl (C=O) groups is 1. The molecule has 2 unspecified atom stereocenters. The van der Waals surface area contributed by atoms with E-state index in [0.29, 0.717) is 56.9 Å². The summed E-state index contributed by atoms with van der Waals surface area (Å²) in [6, 6.07) is 0. The van der Waals surface area contributed by atoms with Gasteiger partial charge in [-0.2, -0.15) is 0 Å². The number of rotatable bonds is 0. The van der Waals surface area contributed by atoms with Gasteiger partial charge in [0.1, 0.15) is 5.60 Å². The second kappa shape index (κ2) is 13.4. The molecule has 14 atom stereocenters. The van der Waals surface area contributed by atoms with Crippen molar-refractivity contribution in [1.29, 1.82) is 0 Å². The Morgan fingerprint density at radius 3 is 1.33 bits per heavy atom. The summed E-state index contributed by atoms with van der Waals surface area (Å²) in [7, 11) is 0. The predicted octanol–water partition coefficient (Wildman–Crippen LogP) is 12.5.